The van der Waals surface area contributed by atoms with E-state index < -0.39 is 0 Å². The summed E-state index contributed by atoms with van der Waals surface area (Å²) in [6, 6.07) is 8.05. The van der Waals surface area contributed by atoms with Crippen molar-refractivity contribution in [3.8, 4) is 0 Å². The molecule has 0 aromatic heterocycles. The second-order valence-electron chi connectivity index (χ2n) is 8.11. The van der Waals surface area contributed by atoms with Gasteiger partial charge in [0.05, 0.1) is 17.8 Å². The Kier molecular flexibility index (Phi) is 7.27. The molecule has 2 N–H and O–H groups in total. The van der Waals surface area contributed by atoms with Gasteiger partial charge in [0, 0.05) is 12.1 Å². The lowest BCUT2D eigenvalue weighted by Gasteiger charge is -2.26. The van der Waals surface area contributed by atoms with Crippen LogP contribution in [0.15, 0.2) is 24.3 Å². The average molecular weight is 372 g/mol. The standard InChI is InChI=1S/C22H33N3O2/c1-25(18-12-4-2-3-5-13-18)16-21(26)24-20-15-9-8-14-19(20)22(27)23-17-10-6-7-11-17/h8-9,14-15,17-18H,2-7,10-13,16H2,1H3,(H,23,27)(H,24,26). The minimum Gasteiger partial charge on any atom is -0.349 e. The fraction of sp³-hybridized carbons (Fsp3) is 0.636. The molecular formula is C22H33N3O2. The SMILES string of the molecule is CN(CC(=O)Nc1ccccc1C(=O)NC1CCCC1)C1CCCCCC1. The van der Waals surface area contributed by atoms with E-state index in [1.807, 2.05) is 25.2 Å². The molecule has 0 atom stereocenters. The van der Waals surface area contributed by atoms with E-state index in [2.05, 4.69) is 15.5 Å². The highest BCUT2D eigenvalue weighted by atomic mass is 16.2. The average Bonchev–Trinajstić information content (AvgIpc) is 3.01. The molecule has 2 fully saturated rings. The third-order valence-corrected chi connectivity index (χ3v) is 5.98. The zero-order chi connectivity index (χ0) is 19.1. The summed E-state index contributed by atoms with van der Waals surface area (Å²) in [5.74, 6) is -0.141. The largest absolute Gasteiger partial charge is 0.349 e. The van der Waals surface area contributed by atoms with E-state index in [0.29, 0.717) is 23.8 Å². The smallest absolute Gasteiger partial charge is 0.253 e. The maximum absolute atomic E-state index is 12.6. The molecule has 0 spiro atoms. The van der Waals surface area contributed by atoms with Crippen LogP contribution in [0.5, 0.6) is 0 Å². The Balaban J connectivity index is 1.57. The summed E-state index contributed by atoms with van der Waals surface area (Å²) in [4.78, 5) is 27.4. The van der Waals surface area contributed by atoms with Crippen molar-refractivity contribution < 1.29 is 9.59 Å². The number of nitrogens with one attached hydrogen (secondary N) is 2. The van der Waals surface area contributed by atoms with Crippen molar-refractivity contribution in [3.05, 3.63) is 29.8 Å². The van der Waals surface area contributed by atoms with Gasteiger partial charge in [0.25, 0.3) is 5.91 Å². The van der Waals surface area contributed by atoms with Gasteiger partial charge >= 0.3 is 0 Å². The zero-order valence-electron chi connectivity index (χ0n) is 16.5. The molecule has 2 aliphatic carbocycles. The van der Waals surface area contributed by atoms with Crippen molar-refractivity contribution in [1.29, 1.82) is 0 Å². The second-order valence-corrected chi connectivity index (χ2v) is 8.11. The summed E-state index contributed by atoms with van der Waals surface area (Å²) in [5, 5.41) is 6.07. The van der Waals surface area contributed by atoms with E-state index in [-0.39, 0.29) is 17.9 Å². The molecule has 0 aliphatic heterocycles. The summed E-state index contributed by atoms with van der Waals surface area (Å²) in [6.07, 6.45) is 11.9. The van der Waals surface area contributed by atoms with Gasteiger partial charge < -0.3 is 10.6 Å². The Morgan fingerprint density at radius 1 is 0.963 bits per heavy atom. The predicted molar refractivity (Wildman–Crippen MR) is 109 cm³/mol. The van der Waals surface area contributed by atoms with Crippen LogP contribution in [-0.2, 0) is 4.79 Å². The van der Waals surface area contributed by atoms with Gasteiger partial charge in [-0.1, -0.05) is 50.7 Å². The second kappa shape index (κ2) is 9.88. The topological polar surface area (TPSA) is 61.4 Å². The lowest BCUT2D eigenvalue weighted by atomic mass is 10.1. The molecule has 2 aliphatic rings. The number of amides is 2. The highest BCUT2D eigenvalue weighted by molar-refractivity contribution is 6.04. The molecule has 5 nitrogen and oxygen atoms in total. The first kappa shape index (κ1) is 19.9. The molecule has 0 bridgehead atoms. The minimum absolute atomic E-state index is 0.0529. The van der Waals surface area contributed by atoms with Crippen LogP contribution in [0, 0.1) is 0 Å². The van der Waals surface area contributed by atoms with Gasteiger partial charge in [0.1, 0.15) is 0 Å². The van der Waals surface area contributed by atoms with Gasteiger partial charge in [-0.25, -0.2) is 0 Å². The molecule has 2 saturated carbocycles. The van der Waals surface area contributed by atoms with Gasteiger partial charge in [0.15, 0.2) is 0 Å². The number of para-hydroxylation sites is 1. The summed E-state index contributed by atoms with van der Waals surface area (Å²) >= 11 is 0. The van der Waals surface area contributed by atoms with Crippen molar-refractivity contribution in [2.75, 3.05) is 18.9 Å². The van der Waals surface area contributed by atoms with Crippen molar-refractivity contribution in [2.45, 2.75) is 76.3 Å². The van der Waals surface area contributed by atoms with Gasteiger partial charge in [0.2, 0.25) is 5.91 Å². The van der Waals surface area contributed by atoms with E-state index in [4.69, 9.17) is 0 Å². The maximum atomic E-state index is 12.6. The lowest BCUT2D eigenvalue weighted by Crippen LogP contribution is -2.38. The maximum Gasteiger partial charge on any atom is 0.253 e. The quantitative estimate of drug-likeness (QED) is 0.744. The molecule has 0 heterocycles. The Morgan fingerprint density at radius 2 is 1.59 bits per heavy atom. The monoisotopic (exact) mass is 371 g/mol. The number of nitrogens with zero attached hydrogens (tertiary/aromatic N) is 1. The Morgan fingerprint density at radius 3 is 2.30 bits per heavy atom. The fourth-order valence-corrected chi connectivity index (χ4v) is 4.37. The molecule has 1 aromatic carbocycles. The normalized spacial score (nSPS) is 19.0. The van der Waals surface area contributed by atoms with Crippen molar-refractivity contribution >= 4 is 17.5 Å². The first-order valence-corrected chi connectivity index (χ1v) is 10.5. The third kappa shape index (κ3) is 5.80. The number of rotatable bonds is 6. The van der Waals surface area contributed by atoms with Crippen LogP contribution < -0.4 is 10.6 Å². The number of carbonyl (C=O) groups is 2. The summed E-state index contributed by atoms with van der Waals surface area (Å²) in [5.41, 5.74) is 1.15. The Bertz CT molecular complexity index is 632. The summed E-state index contributed by atoms with van der Waals surface area (Å²) < 4.78 is 0. The van der Waals surface area contributed by atoms with E-state index in [0.717, 1.165) is 12.8 Å². The molecule has 148 valence electrons. The highest BCUT2D eigenvalue weighted by Crippen LogP contribution is 2.22. The van der Waals surface area contributed by atoms with Crippen LogP contribution in [0.1, 0.15) is 74.6 Å². The molecular weight excluding hydrogens is 338 g/mol. The van der Waals surface area contributed by atoms with Crippen molar-refractivity contribution in [2.24, 2.45) is 0 Å². The lowest BCUT2D eigenvalue weighted by molar-refractivity contribution is -0.117. The molecule has 0 saturated heterocycles. The van der Waals surface area contributed by atoms with Crippen LogP contribution >= 0.6 is 0 Å². The zero-order valence-corrected chi connectivity index (χ0v) is 16.5. The van der Waals surface area contributed by atoms with Gasteiger partial charge in [-0.2, -0.15) is 0 Å². The fourth-order valence-electron chi connectivity index (χ4n) is 4.37. The van der Waals surface area contributed by atoms with E-state index in [1.165, 1.54) is 51.4 Å². The van der Waals surface area contributed by atoms with Crippen LogP contribution in [0.2, 0.25) is 0 Å². The molecule has 0 radical (unpaired) electrons. The molecule has 3 rings (SSSR count). The highest BCUT2D eigenvalue weighted by Gasteiger charge is 2.22. The summed E-state index contributed by atoms with van der Waals surface area (Å²) in [6.45, 7) is 0.364. The Labute approximate surface area is 162 Å². The number of hydrogen-bond donors (Lipinski definition) is 2. The van der Waals surface area contributed by atoms with E-state index in [9.17, 15) is 9.59 Å². The number of hydrogen-bond acceptors (Lipinski definition) is 3. The predicted octanol–water partition coefficient (Wildman–Crippen LogP) is 3.95. The number of carbonyl (C=O) groups excluding carboxylic acids is 2. The molecule has 2 amide bonds. The molecule has 0 unspecified atom stereocenters. The van der Waals surface area contributed by atoms with Crippen LogP contribution in [0.4, 0.5) is 5.69 Å². The first-order valence-electron chi connectivity index (χ1n) is 10.5. The van der Waals surface area contributed by atoms with Crippen molar-refractivity contribution in [3.63, 3.8) is 0 Å². The number of benzene rings is 1. The summed E-state index contributed by atoms with van der Waals surface area (Å²) in [7, 11) is 2.04. The van der Waals surface area contributed by atoms with Gasteiger partial charge in [-0.15, -0.1) is 0 Å². The minimum atomic E-state index is -0.0880. The van der Waals surface area contributed by atoms with Crippen LogP contribution in [-0.4, -0.2) is 42.4 Å². The van der Waals surface area contributed by atoms with Crippen LogP contribution in [0.25, 0.3) is 0 Å². The van der Waals surface area contributed by atoms with Gasteiger partial charge in [-0.3, -0.25) is 14.5 Å². The van der Waals surface area contributed by atoms with Crippen LogP contribution in [0.3, 0.4) is 0 Å². The third-order valence-electron chi connectivity index (χ3n) is 5.98. The van der Waals surface area contributed by atoms with E-state index >= 15 is 0 Å². The molecule has 5 heteroatoms. The molecule has 27 heavy (non-hydrogen) atoms. The first-order chi connectivity index (χ1) is 13.1. The van der Waals surface area contributed by atoms with Gasteiger partial charge in [-0.05, 0) is 44.9 Å². The molecule has 1 aromatic rings. The van der Waals surface area contributed by atoms with Crippen molar-refractivity contribution in [1.82, 2.24) is 10.2 Å². The number of anilines is 1. The van der Waals surface area contributed by atoms with E-state index in [1.54, 1.807) is 6.07 Å². The number of likely N-dealkylation sites (N-methyl/N-ethyl adjacent to an activating group) is 1. The Hall–Kier alpha value is -1.88.